The number of carbonyl (C=O) groups excluding carboxylic acids is 1. The molecule has 15 unspecified atom stereocenters. The van der Waals surface area contributed by atoms with Crippen LogP contribution in [0.2, 0.25) is 0 Å². The van der Waals surface area contributed by atoms with Gasteiger partial charge in [-0.1, -0.05) is 20.3 Å². The van der Waals surface area contributed by atoms with Gasteiger partial charge in [0.1, 0.15) is 79.4 Å². The second-order valence-electron chi connectivity index (χ2n) is 21.7. The lowest BCUT2D eigenvalue weighted by molar-refractivity contribution is -0.394. The first kappa shape index (κ1) is 57.3. The third-order valence-corrected chi connectivity index (χ3v) is 17.3. The highest BCUT2D eigenvalue weighted by Crippen LogP contribution is 2.74. The fourth-order valence-electron chi connectivity index (χ4n) is 13.7. The van der Waals surface area contributed by atoms with Gasteiger partial charge in [-0.15, -0.1) is 0 Å². The lowest BCUT2D eigenvalue weighted by Crippen LogP contribution is -2.67. The van der Waals surface area contributed by atoms with Crippen molar-refractivity contribution in [1.29, 1.82) is 0 Å². The molecule has 0 aromatic carbocycles. The maximum atomic E-state index is 14.7. The molecule has 3 aliphatic heterocycles. The largest absolute Gasteiger partial charge is 0.432 e. The lowest BCUT2D eigenvalue weighted by Gasteiger charge is -2.64. The predicted molar refractivity (Wildman–Crippen MR) is 233 cm³/mol. The first-order valence-corrected chi connectivity index (χ1v) is 24.8. The molecule has 25 heteroatoms. The molecule has 0 amide bonds. The summed E-state index contributed by atoms with van der Waals surface area (Å²) in [5.41, 5.74) is -2.90. The SMILES string of the molecule is CC1CC23CCC4[C@](C)(C(=O)O[C@@H]5OC(CO)[C@@H](O)C(O)C5OC(O)OC[C@H](C)O)CCC[C@@]4(C)[C@@H]2CC[C@]1(O[C@@H]1OC(CO)[C@@H](O)C(OC(O)[C@H](O)C(O)CO)C1O[C@@H]1OC(CO)[C@@H](O)C(O)C1O)C3. The van der Waals surface area contributed by atoms with Gasteiger partial charge in [0, 0.05) is 0 Å². The molecule has 3 heterocycles. The van der Waals surface area contributed by atoms with Crippen molar-refractivity contribution in [2.45, 2.75) is 214 Å². The van der Waals surface area contributed by atoms with Crippen molar-refractivity contribution in [3.8, 4) is 0 Å². The third kappa shape index (κ3) is 10.8. The van der Waals surface area contributed by atoms with Crippen LogP contribution in [0.15, 0.2) is 0 Å². The average Bonchev–Trinajstić information content (AvgIpc) is 3.53. The molecule has 7 fully saturated rings. The fraction of sp³-hybridized carbons (Fsp3) is 0.978. The smallest absolute Gasteiger partial charge is 0.314 e. The molecule has 3 saturated heterocycles. The van der Waals surface area contributed by atoms with Crippen LogP contribution in [-0.2, 0) is 47.4 Å². The molecule has 4 aliphatic carbocycles. The second kappa shape index (κ2) is 22.6. The van der Waals surface area contributed by atoms with Crippen LogP contribution in [0, 0.1) is 34.0 Å². The molecule has 0 radical (unpaired) electrons. The van der Waals surface area contributed by atoms with E-state index in [2.05, 4.69) is 6.92 Å². The molecule has 71 heavy (non-hydrogen) atoms. The van der Waals surface area contributed by atoms with Crippen molar-refractivity contribution in [2.75, 3.05) is 33.0 Å². The zero-order valence-electron chi connectivity index (χ0n) is 40.5. The van der Waals surface area contributed by atoms with Crippen LogP contribution in [0.4, 0.5) is 0 Å². The van der Waals surface area contributed by atoms with Gasteiger partial charge in [-0.05, 0) is 93.8 Å². The molecule has 1 spiro atoms. The van der Waals surface area contributed by atoms with Crippen molar-refractivity contribution in [3.63, 3.8) is 0 Å². The molecule has 412 valence electrons. The number of ether oxygens (including phenoxy) is 9. The van der Waals surface area contributed by atoms with E-state index in [4.69, 9.17) is 42.6 Å². The van der Waals surface area contributed by atoms with E-state index in [-0.39, 0.29) is 29.8 Å². The maximum absolute atomic E-state index is 14.7. The van der Waals surface area contributed by atoms with Crippen LogP contribution < -0.4 is 0 Å². The zero-order valence-corrected chi connectivity index (χ0v) is 40.5. The Hall–Kier alpha value is -1.45. The van der Waals surface area contributed by atoms with Crippen molar-refractivity contribution < 1.29 is 124 Å². The van der Waals surface area contributed by atoms with E-state index >= 15 is 0 Å². The van der Waals surface area contributed by atoms with Crippen LogP contribution in [-0.4, -0.2) is 244 Å². The Labute approximate surface area is 410 Å². The summed E-state index contributed by atoms with van der Waals surface area (Å²) in [5.74, 6) is -1.06. The van der Waals surface area contributed by atoms with Gasteiger partial charge >= 0.3 is 5.97 Å². The molecular formula is C46H78O25. The topological polar surface area (TPSA) is 404 Å². The van der Waals surface area contributed by atoms with Crippen molar-refractivity contribution in [2.24, 2.45) is 34.0 Å². The summed E-state index contributed by atoms with van der Waals surface area (Å²) in [6.45, 7) is 1.72. The van der Waals surface area contributed by atoms with Gasteiger partial charge in [0.05, 0.1) is 50.2 Å². The number of fused-ring (bicyclic) bond motifs is 3. The minimum Gasteiger partial charge on any atom is -0.432 e. The number of hydrogen-bond donors (Lipinski definition) is 15. The minimum atomic E-state index is -2.29. The van der Waals surface area contributed by atoms with Gasteiger partial charge in [-0.3, -0.25) is 4.79 Å². The van der Waals surface area contributed by atoms with Crippen LogP contribution in [0.5, 0.6) is 0 Å². The Kier molecular flexibility index (Phi) is 18.3. The summed E-state index contributed by atoms with van der Waals surface area (Å²) in [5, 5.41) is 157. The summed E-state index contributed by atoms with van der Waals surface area (Å²) in [4.78, 5) is 14.7. The van der Waals surface area contributed by atoms with Crippen molar-refractivity contribution >= 4 is 5.97 Å². The number of aliphatic hydroxyl groups excluding tert-OH is 15. The minimum absolute atomic E-state index is 0.0351. The van der Waals surface area contributed by atoms with Crippen molar-refractivity contribution in [3.05, 3.63) is 0 Å². The van der Waals surface area contributed by atoms with Crippen molar-refractivity contribution in [1.82, 2.24) is 0 Å². The van der Waals surface area contributed by atoms with Crippen LogP contribution >= 0.6 is 0 Å². The number of esters is 1. The molecule has 4 saturated carbocycles. The molecule has 15 N–H and O–H groups in total. The van der Waals surface area contributed by atoms with E-state index in [1.54, 1.807) is 0 Å². The maximum Gasteiger partial charge on any atom is 0.314 e. The zero-order chi connectivity index (χ0) is 52.1. The second-order valence-corrected chi connectivity index (χ2v) is 21.7. The Morgan fingerprint density at radius 1 is 0.676 bits per heavy atom. The highest BCUT2D eigenvalue weighted by molar-refractivity contribution is 5.77. The first-order chi connectivity index (χ1) is 33.4. The molecule has 2 bridgehead atoms. The van der Waals surface area contributed by atoms with E-state index in [9.17, 15) is 81.4 Å². The summed E-state index contributed by atoms with van der Waals surface area (Å²) >= 11 is 0. The third-order valence-electron chi connectivity index (χ3n) is 17.3. The van der Waals surface area contributed by atoms with Crippen LogP contribution in [0.1, 0.15) is 85.5 Å². The Balaban J connectivity index is 1.14. The highest BCUT2D eigenvalue weighted by atomic mass is 16.8. The summed E-state index contributed by atoms with van der Waals surface area (Å²) in [7, 11) is 0. The molecule has 7 aliphatic rings. The average molecular weight is 1030 g/mol. The fourth-order valence-corrected chi connectivity index (χ4v) is 13.7. The van der Waals surface area contributed by atoms with E-state index < -0.39 is 172 Å². The molecule has 0 aromatic heterocycles. The van der Waals surface area contributed by atoms with E-state index in [1.165, 1.54) is 6.92 Å². The van der Waals surface area contributed by atoms with Gasteiger partial charge in [0.25, 0.3) is 6.48 Å². The molecular weight excluding hydrogens is 952 g/mol. The Morgan fingerprint density at radius 3 is 1.92 bits per heavy atom. The van der Waals surface area contributed by atoms with Gasteiger partial charge < -0.3 is 119 Å². The first-order valence-electron chi connectivity index (χ1n) is 24.8. The monoisotopic (exact) mass is 1030 g/mol. The van der Waals surface area contributed by atoms with Gasteiger partial charge in [-0.25, -0.2) is 0 Å². The van der Waals surface area contributed by atoms with E-state index in [0.29, 0.717) is 51.4 Å². The van der Waals surface area contributed by atoms with E-state index in [0.717, 1.165) is 6.42 Å². The number of rotatable bonds is 19. The van der Waals surface area contributed by atoms with Crippen LogP contribution in [0.3, 0.4) is 0 Å². The van der Waals surface area contributed by atoms with Gasteiger partial charge in [0.2, 0.25) is 6.29 Å². The van der Waals surface area contributed by atoms with E-state index in [1.807, 2.05) is 13.8 Å². The number of carbonyl (C=O) groups is 1. The van der Waals surface area contributed by atoms with Crippen LogP contribution in [0.25, 0.3) is 0 Å². The predicted octanol–water partition coefficient (Wildman–Crippen LogP) is -5.10. The Morgan fingerprint density at radius 2 is 1.28 bits per heavy atom. The lowest BCUT2D eigenvalue weighted by atomic mass is 9.41. The number of aliphatic hydroxyl groups is 15. The standard InChI is InChI=1S/C46H78O25/c1-19-12-45-10-6-25-43(3,8-5-9-44(25,4)41(61)70-39-35(69-42(62)63-17-20(2)51)32(58)29(55)23(15-49)65-39)26(45)7-11-46(19,18-45)71-40-36(68-38-33(59)31(57)28(54)22(14-48)64-38)34(30(56)24(16-50)66-40)67-37(60)27(53)21(52)13-47/h19-40,42,47-60,62H,5-18H2,1-4H3/t19?,20-,21?,22?,23?,24?,25?,26-,27+,28+,29+,30+,31?,32?,33?,34?,35?,36?,37?,38-,39-,40-,42?,43+,44+,45?,46-/m0/s1. The summed E-state index contributed by atoms with van der Waals surface area (Å²) < 4.78 is 53.1. The molecule has 27 atom stereocenters. The summed E-state index contributed by atoms with van der Waals surface area (Å²) in [6, 6.07) is 0. The van der Waals surface area contributed by atoms with Gasteiger partial charge in [0.15, 0.2) is 25.0 Å². The van der Waals surface area contributed by atoms with Gasteiger partial charge in [-0.2, -0.15) is 0 Å². The quantitative estimate of drug-likeness (QED) is 0.0327. The Bertz CT molecular complexity index is 1750. The molecule has 25 nitrogen and oxygen atoms in total. The normalized spacial score (nSPS) is 48.9. The number of hydrogen-bond acceptors (Lipinski definition) is 25. The molecule has 7 rings (SSSR count). The highest BCUT2D eigenvalue weighted by Gasteiger charge is 2.70. The molecule has 0 aromatic rings. The summed E-state index contributed by atoms with van der Waals surface area (Å²) in [6.07, 6.45) is -27.6.